The molecule has 3 nitrogen and oxygen atoms in total. The molecule has 2 rings (SSSR count). The first-order chi connectivity index (χ1) is 5.72. The quantitative estimate of drug-likeness (QED) is 0.536. The third kappa shape index (κ3) is 0.865. The highest BCUT2D eigenvalue weighted by atomic mass is 16.3. The van der Waals surface area contributed by atoms with Crippen molar-refractivity contribution < 1.29 is 10.2 Å². The molecule has 1 aliphatic carbocycles. The number of benzene rings is 1. The van der Waals surface area contributed by atoms with E-state index in [0.29, 0.717) is 12.5 Å². The van der Waals surface area contributed by atoms with Crippen molar-refractivity contribution >= 4 is 0 Å². The van der Waals surface area contributed by atoms with Crippen LogP contribution in [0.2, 0.25) is 0 Å². The lowest BCUT2D eigenvalue weighted by Gasteiger charge is -2.29. The molecule has 0 radical (unpaired) electrons. The van der Waals surface area contributed by atoms with E-state index in [9.17, 15) is 5.11 Å². The first kappa shape index (κ1) is 7.43. The van der Waals surface area contributed by atoms with Gasteiger partial charge in [-0.1, -0.05) is 0 Å². The lowest BCUT2D eigenvalue weighted by molar-refractivity contribution is 0.399. The first-order valence-corrected chi connectivity index (χ1v) is 3.97. The van der Waals surface area contributed by atoms with Crippen LogP contribution in [0.1, 0.15) is 17.0 Å². The van der Waals surface area contributed by atoms with Gasteiger partial charge in [-0.15, -0.1) is 0 Å². The molecule has 3 heteroatoms. The monoisotopic (exact) mass is 165 g/mol. The van der Waals surface area contributed by atoms with Gasteiger partial charge in [0, 0.05) is 5.92 Å². The van der Waals surface area contributed by atoms with Crippen molar-refractivity contribution in [1.82, 2.24) is 0 Å². The van der Waals surface area contributed by atoms with Gasteiger partial charge < -0.3 is 15.9 Å². The largest absolute Gasteiger partial charge is 0.504 e. The third-order valence-electron chi connectivity index (χ3n) is 2.43. The van der Waals surface area contributed by atoms with Gasteiger partial charge in [0.1, 0.15) is 0 Å². The lowest BCUT2D eigenvalue weighted by atomic mass is 9.77. The number of hydrogen-bond acceptors (Lipinski definition) is 3. The average Bonchev–Trinajstić information content (AvgIpc) is 2.04. The van der Waals surface area contributed by atoms with E-state index in [-0.39, 0.29) is 11.5 Å². The van der Waals surface area contributed by atoms with Crippen molar-refractivity contribution in [2.75, 3.05) is 6.54 Å². The Morgan fingerprint density at radius 2 is 2.00 bits per heavy atom. The fraction of sp³-hybridized carbons (Fsp3) is 0.333. The number of phenols is 2. The van der Waals surface area contributed by atoms with Gasteiger partial charge in [-0.3, -0.25) is 0 Å². The summed E-state index contributed by atoms with van der Waals surface area (Å²) in [5.74, 6) is 0.280. The molecule has 1 atom stereocenters. The van der Waals surface area contributed by atoms with Crippen molar-refractivity contribution in [2.24, 2.45) is 5.73 Å². The number of nitrogens with two attached hydrogens (primary N) is 1. The van der Waals surface area contributed by atoms with Crippen LogP contribution in [-0.2, 0) is 6.42 Å². The van der Waals surface area contributed by atoms with Crippen molar-refractivity contribution in [3.8, 4) is 11.5 Å². The molecule has 0 amide bonds. The molecule has 0 aliphatic heterocycles. The molecule has 1 aromatic rings. The van der Waals surface area contributed by atoms with Gasteiger partial charge in [-0.25, -0.2) is 0 Å². The summed E-state index contributed by atoms with van der Waals surface area (Å²) in [6.45, 7) is 0.608. The zero-order valence-corrected chi connectivity index (χ0v) is 6.62. The summed E-state index contributed by atoms with van der Waals surface area (Å²) >= 11 is 0. The van der Waals surface area contributed by atoms with E-state index < -0.39 is 0 Å². The van der Waals surface area contributed by atoms with Crippen molar-refractivity contribution in [3.63, 3.8) is 0 Å². The topological polar surface area (TPSA) is 66.5 Å². The maximum Gasteiger partial charge on any atom is 0.157 e. The Kier molecular flexibility index (Phi) is 1.48. The van der Waals surface area contributed by atoms with Gasteiger partial charge in [0.2, 0.25) is 0 Å². The molecular weight excluding hydrogens is 154 g/mol. The fourth-order valence-corrected chi connectivity index (χ4v) is 1.65. The predicted molar refractivity (Wildman–Crippen MR) is 45.3 cm³/mol. The number of hydrogen-bond donors (Lipinski definition) is 3. The lowest BCUT2D eigenvalue weighted by Crippen LogP contribution is -2.24. The molecule has 0 saturated heterocycles. The molecule has 0 spiro atoms. The number of aromatic hydroxyl groups is 2. The van der Waals surface area contributed by atoms with E-state index in [4.69, 9.17) is 10.8 Å². The van der Waals surface area contributed by atoms with Gasteiger partial charge in [-0.05, 0) is 36.2 Å². The predicted octanol–water partition coefficient (Wildman–Crippen LogP) is 0.696. The minimum Gasteiger partial charge on any atom is -0.504 e. The maximum atomic E-state index is 9.18. The maximum absolute atomic E-state index is 9.18. The Balaban J connectivity index is 2.42. The molecule has 12 heavy (non-hydrogen) atoms. The molecule has 1 unspecified atom stereocenters. The number of phenolic OH excluding ortho intramolecular Hbond substituents is 2. The van der Waals surface area contributed by atoms with Crippen LogP contribution in [0.4, 0.5) is 0 Å². The standard InChI is InChI=1S/C9H11NO2/c10-4-6-1-5-2-8(11)9(12)3-7(5)6/h2-3,6,11-12H,1,4,10H2. The molecule has 64 valence electrons. The van der Waals surface area contributed by atoms with E-state index in [1.54, 1.807) is 12.1 Å². The normalized spacial score (nSPS) is 19.9. The van der Waals surface area contributed by atoms with Crippen LogP contribution in [0, 0.1) is 0 Å². The molecule has 0 aromatic heterocycles. The molecule has 1 aromatic carbocycles. The highest BCUT2D eigenvalue weighted by molar-refractivity contribution is 5.51. The highest BCUT2D eigenvalue weighted by Gasteiger charge is 2.26. The second-order valence-electron chi connectivity index (χ2n) is 3.18. The summed E-state index contributed by atoms with van der Waals surface area (Å²) < 4.78 is 0. The summed E-state index contributed by atoms with van der Waals surface area (Å²) in [5.41, 5.74) is 7.67. The Bertz CT molecular complexity index is 323. The van der Waals surface area contributed by atoms with Gasteiger partial charge in [-0.2, -0.15) is 0 Å². The second-order valence-corrected chi connectivity index (χ2v) is 3.18. The first-order valence-electron chi connectivity index (χ1n) is 3.97. The zero-order valence-electron chi connectivity index (χ0n) is 6.62. The smallest absolute Gasteiger partial charge is 0.157 e. The molecule has 4 N–H and O–H groups in total. The van der Waals surface area contributed by atoms with Crippen LogP contribution in [0.25, 0.3) is 0 Å². The Morgan fingerprint density at radius 1 is 1.33 bits per heavy atom. The average molecular weight is 165 g/mol. The summed E-state index contributed by atoms with van der Waals surface area (Å²) in [5, 5.41) is 18.3. The molecule has 0 heterocycles. The molecule has 0 fully saturated rings. The Labute approximate surface area is 70.4 Å². The molecule has 0 saturated carbocycles. The Morgan fingerprint density at radius 3 is 2.67 bits per heavy atom. The van der Waals surface area contributed by atoms with Crippen molar-refractivity contribution in [2.45, 2.75) is 12.3 Å². The summed E-state index contributed by atoms with van der Waals surface area (Å²) in [4.78, 5) is 0. The van der Waals surface area contributed by atoms with Gasteiger partial charge >= 0.3 is 0 Å². The van der Waals surface area contributed by atoms with Crippen LogP contribution < -0.4 is 5.73 Å². The minimum absolute atomic E-state index is 0.0378. The van der Waals surface area contributed by atoms with E-state index in [1.807, 2.05) is 0 Å². The number of fused-ring (bicyclic) bond motifs is 1. The van der Waals surface area contributed by atoms with Crippen LogP contribution in [0.5, 0.6) is 11.5 Å². The van der Waals surface area contributed by atoms with Gasteiger partial charge in [0.05, 0.1) is 0 Å². The minimum atomic E-state index is -0.0492. The molecule has 1 aliphatic rings. The molecule has 0 bridgehead atoms. The van der Waals surface area contributed by atoms with E-state index in [1.165, 1.54) is 0 Å². The summed E-state index contributed by atoms with van der Waals surface area (Å²) in [6.07, 6.45) is 0.916. The summed E-state index contributed by atoms with van der Waals surface area (Å²) in [7, 11) is 0. The molecular formula is C9H11NO2. The van der Waals surface area contributed by atoms with Gasteiger partial charge in [0.15, 0.2) is 11.5 Å². The van der Waals surface area contributed by atoms with E-state index in [2.05, 4.69) is 0 Å². The third-order valence-corrected chi connectivity index (χ3v) is 2.43. The Hall–Kier alpha value is -1.22. The van der Waals surface area contributed by atoms with E-state index in [0.717, 1.165) is 17.5 Å². The van der Waals surface area contributed by atoms with Crippen molar-refractivity contribution in [1.29, 1.82) is 0 Å². The van der Waals surface area contributed by atoms with Crippen molar-refractivity contribution in [3.05, 3.63) is 23.3 Å². The van der Waals surface area contributed by atoms with Crippen LogP contribution >= 0.6 is 0 Å². The SMILES string of the molecule is NCC1Cc2cc(O)c(O)cc21. The number of rotatable bonds is 1. The van der Waals surface area contributed by atoms with Crippen LogP contribution in [-0.4, -0.2) is 16.8 Å². The zero-order chi connectivity index (χ0) is 8.72. The highest BCUT2D eigenvalue weighted by Crippen LogP contribution is 2.40. The van der Waals surface area contributed by atoms with E-state index >= 15 is 0 Å². The summed E-state index contributed by atoms with van der Waals surface area (Å²) in [6, 6.07) is 3.21. The van der Waals surface area contributed by atoms with Gasteiger partial charge in [0.25, 0.3) is 0 Å². The second kappa shape index (κ2) is 2.38. The van der Waals surface area contributed by atoms with Crippen LogP contribution in [0.15, 0.2) is 12.1 Å². The van der Waals surface area contributed by atoms with Crippen LogP contribution in [0.3, 0.4) is 0 Å². The fourth-order valence-electron chi connectivity index (χ4n) is 1.65.